The number of ether oxygens (including phenoxy) is 3. The molecule has 0 unspecified atom stereocenters. The molecule has 156 valence electrons. The molecule has 5 nitrogen and oxygen atoms in total. The summed E-state index contributed by atoms with van der Waals surface area (Å²) < 4.78 is 29.8. The number of cyclic esters (lactones) is 1. The van der Waals surface area contributed by atoms with E-state index in [2.05, 4.69) is 4.99 Å². The number of esters is 1. The molecule has 0 amide bonds. The summed E-state index contributed by atoms with van der Waals surface area (Å²) in [4.78, 5) is 16.5. The summed E-state index contributed by atoms with van der Waals surface area (Å²) in [7, 11) is 0. The Morgan fingerprint density at radius 2 is 1.71 bits per heavy atom. The van der Waals surface area contributed by atoms with Crippen molar-refractivity contribution in [1.29, 1.82) is 0 Å². The third-order valence-electron chi connectivity index (χ3n) is 4.33. The fraction of sp³-hybridized carbons (Fsp3) is 0.0833. The van der Waals surface area contributed by atoms with Crippen molar-refractivity contribution in [3.8, 4) is 11.5 Å². The van der Waals surface area contributed by atoms with E-state index in [1.807, 2.05) is 30.3 Å². The van der Waals surface area contributed by atoms with Crippen molar-refractivity contribution < 1.29 is 23.4 Å². The van der Waals surface area contributed by atoms with Crippen molar-refractivity contribution in [1.82, 2.24) is 0 Å². The van der Waals surface area contributed by atoms with Crippen LogP contribution in [0, 0.1) is 5.82 Å². The minimum atomic E-state index is -0.613. The van der Waals surface area contributed by atoms with Gasteiger partial charge < -0.3 is 14.2 Å². The molecule has 31 heavy (non-hydrogen) atoms. The largest absolute Gasteiger partial charge is 0.490 e. The number of hydrogen-bond acceptors (Lipinski definition) is 5. The Hall–Kier alpha value is -3.64. The van der Waals surface area contributed by atoms with Crippen molar-refractivity contribution in [3.63, 3.8) is 0 Å². The highest BCUT2D eigenvalue weighted by atomic mass is 35.5. The molecule has 0 aliphatic carbocycles. The summed E-state index contributed by atoms with van der Waals surface area (Å²) in [6.45, 7) is 0.638. The lowest BCUT2D eigenvalue weighted by Gasteiger charge is -2.11. The first-order valence-corrected chi connectivity index (χ1v) is 9.85. The summed E-state index contributed by atoms with van der Waals surface area (Å²) in [5, 5.41) is 0.480. The fourth-order valence-corrected chi connectivity index (χ4v) is 3.04. The van der Waals surface area contributed by atoms with Crippen LogP contribution < -0.4 is 9.47 Å². The average molecular weight is 438 g/mol. The molecule has 0 spiro atoms. The molecule has 0 saturated carbocycles. The molecule has 0 fully saturated rings. The maximum atomic E-state index is 13.1. The summed E-state index contributed by atoms with van der Waals surface area (Å²) in [6, 6.07) is 20.0. The van der Waals surface area contributed by atoms with Crippen LogP contribution in [0.15, 0.2) is 83.5 Å². The van der Waals surface area contributed by atoms with E-state index < -0.39 is 5.97 Å². The third kappa shape index (κ3) is 5.29. The SMILES string of the molecule is O=C1OC(c2ccc(F)cc2)=NC1=Cc1cc(Cl)ccc1OCCOc1ccccc1. The predicted octanol–water partition coefficient (Wildman–Crippen LogP) is 5.28. The summed E-state index contributed by atoms with van der Waals surface area (Å²) in [5.41, 5.74) is 1.16. The minimum absolute atomic E-state index is 0.0898. The number of nitrogens with zero attached hydrogens (tertiary/aromatic N) is 1. The van der Waals surface area contributed by atoms with Crippen molar-refractivity contribution in [3.05, 3.63) is 100 Å². The van der Waals surface area contributed by atoms with Gasteiger partial charge in [-0.2, -0.15) is 0 Å². The second-order valence-electron chi connectivity index (χ2n) is 6.54. The molecular weight excluding hydrogens is 421 g/mol. The van der Waals surface area contributed by atoms with E-state index >= 15 is 0 Å². The molecular formula is C24H17ClFNO4. The smallest absolute Gasteiger partial charge is 0.363 e. The molecule has 0 aromatic heterocycles. The monoisotopic (exact) mass is 437 g/mol. The van der Waals surface area contributed by atoms with Crippen LogP contribution in [0.2, 0.25) is 5.02 Å². The van der Waals surface area contributed by atoms with Crippen LogP contribution in [0.5, 0.6) is 11.5 Å². The molecule has 1 aliphatic heterocycles. The second kappa shape index (κ2) is 9.45. The number of carbonyl (C=O) groups excluding carboxylic acids is 1. The third-order valence-corrected chi connectivity index (χ3v) is 4.56. The van der Waals surface area contributed by atoms with Gasteiger partial charge in [-0.1, -0.05) is 29.8 Å². The molecule has 0 radical (unpaired) electrons. The second-order valence-corrected chi connectivity index (χ2v) is 6.97. The van der Waals surface area contributed by atoms with Crippen molar-refractivity contribution >= 4 is 29.5 Å². The first kappa shape index (κ1) is 20.6. The first-order chi connectivity index (χ1) is 15.1. The normalized spacial score (nSPS) is 14.3. The Bertz CT molecular complexity index is 1140. The van der Waals surface area contributed by atoms with Crippen LogP contribution in [-0.4, -0.2) is 25.1 Å². The van der Waals surface area contributed by atoms with E-state index in [0.717, 1.165) is 5.75 Å². The predicted molar refractivity (Wildman–Crippen MR) is 116 cm³/mol. The van der Waals surface area contributed by atoms with Gasteiger partial charge in [0.15, 0.2) is 5.70 Å². The van der Waals surface area contributed by atoms with Gasteiger partial charge in [0, 0.05) is 16.1 Å². The quantitative estimate of drug-likeness (QED) is 0.286. The Balaban J connectivity index is 1.49. The van der Waals surface area contributed by atoms with E-state index in [1.54, 1.807) is 18.2 Å². The van der Waals surface area contributed by atoms with Crippen LogP contribution in [-0.2, 0) is 9.53 Å². The van der Waals surface area contributed by atoms with E-state index in [9.17, 15) is 9.18 Å². The van der Waals surface area contributed by atoms with Crippen molar-refractivity contribution in [2.75, 3.05) is 13.2 Å². The number of halogens is 2. The number of carbonyl (C=O) groups is 1. The number of benzene rings is 3. The Morgan fingerprint density at radius 3 is 2.48 bits per heavy atom. The van der Waals surface area contributed by atoms with Crippen LogP contribution >= 0.6 is 11.6 Å². The zero-order chi connectivity index (χ0) is 21.6. The molecule has 0 N–H and O–H groups in total. The van der Waals surface area contributed by atoms with Crippen LogP contribution in [0.1, 0.15) is 11.1 Å². The highest BCUT2D eigenvalue weighted by Gasteiger charge is 2.24. The maximum absolute atomic E-state index is 13.1. The van der Waals surface area contributed by atoms with E-state index in [-0.39, 0.29) is 17.4 Å². The number of hydrogen-bond donors (Lipinski definition) is 0. The highest BCUT2D eigenvalue weighted by molar-refractivity contribution is 6.30. The lowest BCUT2D eigenvalue weighted by atomic mass is 10.1. The molecule has 3 aromatic carbocycles. The Labute approximate surface area is 183 Å². The lowest BCUT2D eigenvalue weighted by Crippen LogP contribution is -2.09. The summed E-state index contributed by atoms with van der Waals surface area (Å²) in [6.07, 6.45) is 1.54. The average Bonchev–Trinajstić information content (AvgIpc) is 3.14. The molecule has 1 aliphatic rings. The molecule has 0 bridgehead atoms. The molecule has 3 aromatic rings. The first-order valence-electron chi connectivity index (χ1n) is 9.47. The highest BCUT2D eigenvalue weighted by Crippen LogP contribution is 2.27. The Morgan fingerprint density at radius 1 is 0.968 bits per heavy atom. The van der Waals surface area contributed by atoms with Gasteiger partial charge in [-0.25, -0.2) is 14.2 Å². The van der Waals surface area contributed by atoms with Crippen molar-refractivity contribution in [2.45, 2.75) is 0 Å². The number of para-hydroxylation sites is 1. The topological polar surface area (TPSA) is 57.1 Å². The van der Waals surface area contributed by atoms with Gasteiger partial charge >= 0.3 is 5.97 Å². The van der Waals surface area contributed by atoms with Gasteiger partial charge in [-0.05, 0) is 60.7 Å². The van der Waals surface area contributed by atoms with Crippen LogP contribution in [0.4, 0.5) is 4.39 Å². The van der Waals surface area contributed by atoms with Gasteiger partial charge in [0.2, 0.25) is 5.90 Å². The Kier molecular flexibility index (Phi) is 6.29. The zero-order valence-corrected chi connectivity index (χ0v) is 17.0. The van der Waals surface area contributed by atoms with E-state index in [1.165, 1.54) is 30.3 Å². The van der Waals surface area contributed by atoms with Gasteiger partial charge in [0.05, 0.1) is 0 Å². The summed E-state index contributed by atoms with van der Waals surface area (Å²) >= 11 is 6.12. The van der Waals surface area contributed by atoms with Crippen molar-refractivity contribution in [2.24, 2.45) is 4.99 Å². The minimum Gasteiger partial charge on any atom is -0.490 e. The standard InChI is InChI=1S/C24H17ClFNO4/c25-18-8-11-22(30-13-12-29-20-4-2-1-3-5-20)17(14-18)15-21-24(28)31-23(27-21)16-6-9-19(26)10-7-16/h1-11,14-15H,12-13H2. The molecule has 4 rings (SSSR count). The van der Waals surface area contributed by atoms with Crippen LogP contribution in [0.3, 0.4) is 0 Å². The molecule has 1 heterocycles. The maximum Gasteiger partial charge on any atom is 0.363 e. The number of rotatable bonds is 7. The summed E-state index contributed by atoms with van der Waals surface area (Å²) in [5.74, 6) is 0.378. The molecule has 0 saturated heterocycles. The van der Waals surface area contributed by atoms with Gasteiger partial charge in [0.25, 0.3) is 0 Å². The lowest BCUT2D eigenvalue weighted by molar-refractivity contribution is -0.129. The number of aliphatic imine (C=N–C) groups is 1. The fourth-order valence-electron chi connectivity index (χ4n) is 2.86. The molecule has 0 atom stereocenters. The van der Waals surface area contributed by atoms with Crippen LogP contribution in [0.25, 0.3) is 6.08 Å². The zero-order valence-electron chi connectivity index (χ0n) is 16.3. The van der Waals surface area contributed by atoms with E-state index in [4.69, 9.17) is 25.8 Å². The van der Waals surface area contributed by atoms with Gasteiger partial charge in [-0.15, -0.1) is 0 Å². The van der Waals surface area contributed by atoms with E-state index in [0.29, 0.717) is 35.1 Å². The molecule has 7 heteroatoms. The van der Waals surface area contributed by atoms with Gasteiger partial charge in [0.1, 0.15) is 30.5 Å². The van der Waals surface area contributed by atoms with Gasteiger partial charge in [-0.3, -0.25) is 0 Å².